The van der Waals surface area contributed by atoms with Crippen LogP contribution in [0.4, 0.5) is 0 Å². The Morgan fingerprint density at radius 2 is 2.12 bits per heavy atom. The van der Waals surface area contributed by atoms with E-state index in [1.165, 1.54) is 5.56 Å². The molecule has 3 N–H and O–H groups in total. The highest BCUT2D eigenvalue weighted by Crippen LogP contribution is 2.39. The number of aromatic nitrogens is 1. The highest BCUT2D eigenvalue weighted by Gasteiger charge is 2.29. The first kappa shape index (κ1) is 18.3. The number of nitrogens with one attached hydrogen (secondary N) is 1. The van der Waals surface area contributed by atoms with E-state index in [0.717, 1.165) is 50.5 Å². The molecule has 2 aliphatic rings. The number of aldehydes is 1. The predicted octanol–water partition coefficient (Wildman–Crippen LogP) is 1.70. The maximum atomic E-state index is 10.6. The van der Waals surface area contributed by atoms with Gasteiger partial charge in [-0.1, -0.05) is 0 Å². The number of hydrogen-bond acceptors (Lipinski definition) is 6. The molecule has 1 aromatic heterocycles. The third-order valence-electron chi connectivity index (χ3n) is 5.45. The number of hydrogen-bond donors (Lipinski definition) is 2. The highest BCUT2D eigenvalue weighted by molar-refractivity contribution is 5.51. The zero-order valence-corrected chi connectivity index (χ0v) is 14.9. The first-order valence-corrected chi connectivity index (χ1v) is 9.31. The number of carbonyl (C=O) groups excluding carboxylic acids is 1. The average Bonchev–Trinajstić information content (AvgIpc) is 3.04. The van der Waals surface area contributed by atoms with Crippen LogP contribution >= 0.6 is 0 Å². The number of carbonyl (C=O) groups is 1. The van der Waals surface area contributed by atoms with Crippen LogP contribution in [0.5, 0.6) is 5.88 Å². The van der Waals surface area contributed by atoms with Crippen molar-refractivity contribution in [3.05, 3.63) is 23.4 Å². The molecule has 138 valence electrons. The van der Waals surface area contributed by atoms with Gasteiger partial charge in [-0.25, -0.2) is 4.98 Å². The Balaban J connectivity index is 1.54. The van der Waals surface area contributed by atoms with Crippen molar-refractivity contribution >= 4 is 6.29 Å². The summed E-state index contributed by atoms with van der Waals surface area (Å²) >= 11 is 0. The topological polar surface area (TPSA) is 86.5 Å². The molecular formula is C19H29N3O3. The van der Waals surface area contributed by atoms with Gasteiger partial charge in [-0.3, -0.25) is 4.79 Å². The van der Waals surface area contributed by atoms with Crippen LogP contribution in [0.15, 0.2) is 12.3 Å². The molecule has 0 bridgehead atoms. The molecule has 25 heavy (non-hydrogen) atoms. The number of nitrogens with zero attached hydrogens (tertiary/aromatic N) is 1. The summed E-state index contributed by atoms with van der Waals surface area (Å²) < 4.78 is 11.7. The van der Waals surface area contributed by atoms with E-state index >= 15 is 0 Å². The molecule has 3 rings (SSSR count). The molecule has 1 aromatic rings. The van der Waals surface area contributed by atoms with Gasteiger partial charge in [0.2, 0.25) is 5.88 Å². The fraction of sp³-hybridized carbons (Fsp3) is 0.684. The molecule has 2 atom stereocenters. The molecule has 2 unspecified atom stereocenters. The fourth-order valence-electron chi connectivity index (χ4n) is 4.00. The van der Waals surface area contributed by atoms with Gasteiger partial charge in [0.25, 0.3) is 0 Å². The van der Waals surface area contributed by atoms with Crippen LogP contribution in [0.25, 0.3) is 0 Å². The van der Waals surface area contributed by atoms with Crippen LogP contribution in [0.1, 0.15) is 49.1 Å². The van der Waals surface area contributed by atoms with Crippen LogP contribution < -0.4 is 15.8 Å². The minimum atomic E-state index is 0.0521. The number of nitrogens with two attached hydrogens (primary N) is 1. The second-order valence-electron chi connectivity index (χ2n) is 7.14. The molecule has 1 aliphatic carbocycles. The summed E-state index contributed by atoms with van der Waals surface area (Å²) in [5.74, 6) is 1.03. The molecule has 6 nitrogen and oxygen atoms in total. The molecule has 0 amide bonds. The predicted molar refractivity (Wildman–Crippen MR) is 95.9 cm³/mol. The lowest BCUT2D eigenvalue weighted by atomic mass is 9.81. The summed E-state index contributed by atoms with van der Waals surface area (Å²) in [4.78, 5) is 14.9. The molecule has 0 spiro atoms. The van der Waals surface area contributed by atoms with Crippen molar-refractivity contribution in [1.82, 2.24) is 10.3 Å². The molecule has 0 aromatic carbocycles. The first-order chi connectivity index (χ1) is 12.2. The van der Waals surface area contributed by atoms with Gasteiger partial charge in [0.15, 0.2) is 6.29 Å². The van der Waals surface area contributed by atoms with Crippen LogP contribution in [0.2, 0.25) is 0 Å². The average molecular weight is 347 g/mol. The van der Waals surface area contributed by atoms with Crippen LogP contribution in [0.3, 0.4) is 0 Å². The lowest BCUT2D eigenvalue weighted by molar-refractivity contribution is -0.109. The standard InChI is InChI=1S/C19H29N3O3/c1-13-6-8-22-19(24-11-10-23)18(13)14-2-4-15(5-3-14)25-12-17-16(20)7-9-21-17/h6,8,10,14-17,21H,2-5,7,9,11-12,20H2,1H3/t14-,15+,16?,17?. The Kier molecular flexibility index (Phi) is 6.39. The van der Waals surface area contributed by atoms with Crippen LogP contribution in [0, 0.1) is 6.92 Å². The van der Waals surface area contributed by atoms with Crippen molar-refractivity contribution in [3.8, 4) is 5.88 Å². The highest BCUT2D eigenvalue weighted by atomic mass is 16.5. The maximum Gasteiger partial charge on any atom is 0.217 e. The summed E-state index contributed by atoms with van der Waals surface area (Å²) in [6, 6.07) is 2.52. The minimum Gasteiger partial charge on any atom is -0.470 e. The van der Waals surface area contributed by atoms with E-state index in [2.05, 4.69) is 17.2 Å². The van der Waals surface area contributed by atoms with Gasteiger partial charge in [0, 0.05) is 23.8 Å². The Labute approximate surface area is 149 Å². The van der Waals surface area contributed by atoms with E-state index in [1.54, 1.807) is 6.20 Å². The second-order valence-corrected chi connectivity index (χ2v) is 7.14. The summed E-state index contributed by atoms with van der Waals surface area (Å²) in [5.41, 5.74) is 8.41. The van der Waals surface area contributed by atoms with E-state index in [4.69, 9.17) is 15.2 Å². The summed E-state index contributed by atoms with van der Waals surface area (Å²) in [6.45, 7) is 3.83. The summed E-state index contributed by atoms with van der Waals surface area (Å²) in [5, 5.41) is 3.41. The van der Waals surface area contributed by atoms with Gasteiger partial charge >= 0.3 is 0 Å². The molecule has 0 radical (unpaired) electrons. The van der Waals surface area contributed by atoms with Crippen molar-refractivity contribution in [2.75, 3.05) is 19.8 Å². The summed E-state index contributed by atoms with van der Waals surface area (Å²) in [6.07, 6.45) is 8.03. The minimum absolute atomic E-state index is 0.0521. The fourth-order valence-corrected chi connectivity index (χ4v) is 4.00. The molecule has 1 saturated heterocycles. The quantitative estimate of drug-likeness (QED) is 0.730. The van der Waals surface area contributed by atoms with Crippen molar-refractivity contribution in [2.24, 2.45) is 5.73 Å². The smallest absolute Gasteiger partial charge is 0.217 e. The first-order valence-electron chi connectivity index (χ1n) is 9.31. The van der Waals surface area contributed by atoms with Crippen molar-refractivity contribution in [1.29, 1.82) is 0 Å². The number of aryl methyl sites for hydroxylation is 1. The third-order valence-corrected chi connectivity index (χ3v) is 5.45. The monoisotopic (exact) mass is 347 g/mol. The Bertz CT molecular complexity index is 573. The zero-order chi connectivity index (χ0) is 17.6. The van der Waals surface area contributed by atoms with E-state index in [1.807, 2.05) is 6.07 Å². The van der Waals surface area contributed by atoms with Gasteiger partial charge < -0.3 is 20.5 Å². The number of ether oxygens (including phenoxy) is 2. The van der Waals surface area contributed by atoms with Gasteiger partial charge in [-0.15, -0.1) is 0 Å². The van der Waals surface area contributed by atoms with Gasteiger partial charge in [0.05, 0.1) is 12.7 Å². The van der Waals surface area contributed by atoms with Gasteiger partial charge in [-0.05, 0) is 63.1 Å². The third kappa shape index (κ3) is 4.57. The zero-order valence-electron chi connectivity index (χ0n) is 14.9. The summed E-state index contributed by atoms with van der Waals surface area (Å²) in [7, 11) is 0. The largest absolute Gasteiger partial charge is 0.470 e. The molecule has 6 heteroatoms. The van der Waals surface area contributed by atoms with E-state index in [-0.39, 0.29) is 12.6 Å². The number of rotatable bonds is 7. The molecule has 1 aliphatic heterocycles. The van der Waals surface area contributed by atoms with Gasteiger partial charge in [-0.2, -0.15) is 0 Å². The Hall–Kier alpha value is -1.50. The van der Waals surface area contributed by atoms with Gasteiger partial charge in [0.1, 0.15) is 6.61 Å². The van der Waals surface area contributed by atoms with Crippen molar-refractivity contribution in [3.63, 3.8) is 0 Å². The van der Waals surface area contributed by atoms with Crippen LogP contribution in [-0.2, 0) is 9.53 Å². The molecular weight excluding hydrogens is 318 g/mol. The van der Waals surface area contributed by atoms with E-state index in [0.29, 0.717) is 30.6 Å². The van der Waals surface area contributed by atoms with E-state index in [9.17, 15) is 4.79 Å². The number of pyridine rings is 1. The molecule has 2 fully saturated rings. The second kappa shape index (κ2) is 8.74. The normalized spacial score (nSPS) is 29.5. The lowest BCUT2D eigenvalue weighted by Gasteiger charge is -2.31. The molecule has 2 heterocycles. The lowest BCUT2D eigenvalue weighted by Crippen LogP contribution is -2.41. The van der Waals surface area contributed by atoms with Crippen molar-refractivity contribution in [2.45, 2.75) is 63.1 Å². The van der Waals surface area contributed by atoms with Crippen molar-refractivity contribution < 1.29 is 14.3 Å². The molecule has 1 saturated carbocycles. The Morgan fingerprint density at radius 3 is 2.80 bits per heavy atom. The van der Waals surface area contributed by atoms with Crippen LogP contribution in [-0.4, -0.2) is 49.2 Å². The maximum absolute atomic E-state index is 10.6. The van der Waals surface area contributed by atoms with E-state index < -0.39 is 0 Å². The Morgan fingerprint density at radius 1 is 1.32 bits per heavy atom. The SMILES string of the molecule is Cc1ccnc(OCC=O)c1[C@H]1CC[C@@H](OCC2NCCC2N)CC1.